The fourth-order valence-electron chi connectivity index (χ4n) is 3.37. The number of piperidine rings is 1. The molecule has 7 nitrogen and oxygen atoms in total. The number of thioether (sulfide) groups is 1. The van der Waals surface area contributed by atoms with E-state index in [0.717, 1.165) is 36.7 Å². The summed E-state index contributed by atoms with van der Waals surface area (Å²) in [4.78, 5) is 29.0. The first-order valence-corrected chi connectivity index (χ1v) is 12.2. The number of sulfonamides is 1. The Morgan fingerprint density at radius 3 is 2.46 bits per heavy atom. The second kappa shape index (κ2) is 9.02. The standard InChI is InChI=1S/C18H24ClN3O4S2/c1-20(28(25,26)15-7-5-14(19)6-8-15)11-17(23)22-13-27-12-16(22)18(24)21-9-3-2-4-10-21/h5-8,16H,2-4,9-13H2,1H3. The van der Waals surface area contributed by atoms with Gasteiger partial charge in [0, 0.05) is 30.9 Å². The van der Waals surface area contributed by atoms with Crippen LogP contribution in [0.4, 0.5) is 0 Å². The molecule has 28 heavy (non-hydrogen) atoms. The van der Waals surface area contributed by atoms with Crippen molar-refractivity contribution in [2.75, 3.05) is 38.3 Å². The lowest BCUT2D eigenvalue weighted by Crippen LogP contribution is -2.52. The molecule has 3 rings (SSSR count). The Morgan fingerprint density at radius 1 is 1.18 bits per heavy atom. The van der Waals surface area contributed by atoms with E-state index in [2.05, 4.69) is 0 Å². The molecule has 154 valence electrons. The Bertz CT molecular complexity index is 826. The molecule has 0 bridgehead atoms. The lowest BCUT2D eigenvalue weighted by molar-refractivity contribution is -0.143. The van der Waals surface area contributed by atoms with E-state index in [1.165, 1.54) is 48.0 Å². The fourth-order valence-corrected chi connectivity index (χ4v) is 5.79. The van der Waals surface area contributed by atoms with Crippen molar-refractivity contribution < 1.29 is 18.0 Å². The van der Waals surface area contributed by atoms with E-state index < -0.39 is 16.1 Å². The highest BCUT2D eigenvalue weighted by Crippen LogP contribution is 2.25. The van der Waals surface area contributed by atoms with E-state index >= 15 is 0 Å². The third-order valence-electron chi connectivity index (χ3n) is 5.04. The molecule has 2 aliphatic rings. The van der Waals surface area contributed by atoms with Crippen LogP contribution in [0.1, 0.15) is 19.3 Å². The highest BCUT2D eigenvalue weighted by Gasteiger charge is 2.38. The van der Waals surface area contributed by atoms with Crippen molar-refractivity contribution in [2.45, 2.75) is 30.2 Å². The van der Waals surface area contributed by atoms with Crippen molar-refractivity contribution in [3.05, 3.63) is 29.3 Å². The van der Waals surface area contributed by atoms with E-state index in [0.29, 0.717) is 16.7 Å². The summed E-state index contributed by atoms with van der Waals surface area (Å²) >= 11 is 7.33. The van der Waals surface area contributed by atoms with Crippen LogP contribution in [-0.2, 0) is 19.6 Å². The number of rotatable bonds is 5. The molecule has 1 aromatic rings. The number of likely N-dealkylation sites (N-methyl/N-ethyl adjacent to an activating group) is 1. The second-order valence-electron chi connectivity index (χ2n) is 6.98. The van der Waals surface area contributed by atoms with Gasteiger partial charge in [0.25, 0.3) is 0 Å². The van der Waals surface area contributed by atoms with Gasteiger partial charge in [0.15, 0.2) is 0 Å². The fraction of sp³-hybridized carbons (Fsp3) is 0.556. The zero-order valence-corrected chi connectivity index (χ0v) is 18.1. The smallest absolute Gasteiger partial charge is 0.246 e. The van der Waals surface area contributed by atoms with Crippen LogP contribution in [-0.4, -0.2) is 78.7 Å². The topological polar surface area (TPSA) is 78.0 Å². The quantitative estimate of drug-likeness (QED) is 0.691. The molecule has 1 aromatic carbocycles. The van der Waals surface area contributed by atoms with E-state index in [4.69, 9.17) is 11.6 Å². The number of carbonyl (C=O) groups is 2. The molecule has 0 spiro atoms. The van der Waals surface area contributed by atoms with Gasteiger partial charge in [-0.25, -0.2) is 8.42 Å². The molecule has 0 saturated carbocycles. The number of hydrogen-bond acceptors (Lipinski definition) is 5. The van der Waals surface area contributed by atoms with Crippen molar-refractivity contribution in [1.29, 1.82) is 0 Å². The number of nitrogens with zero attached hydrogens (tertiary/aromatic N) is 3. The predicted molar refractivity (Wildman–Crippen MR) is 110 cm³/mol. The summed E-state index contributed by atoms with van der Waals surface area (Å²) in [6, 6.07) is 5.30. The highest BCUT2D eigenvalue weighted by molar-refractivity contribution is 7.99. The first-order chi connectivity index (χ1) is 13.3. The summed E-state index contributed by atoms with van der Waals surface area (Å²) < 4.78 is 26.4. The molecule has 2 saturated heterocycles. The SMILES string of the molecule is CN(CC(=O)N1CSCC1C(=O)N1CCCCC1)S(=O)(=O)c1ccc(Cl)cc1. The minimum Gasteiger partial charge on any atom is -0.341 e. The van der Waals surface area contributed by atoms with Gasteiger partial charge in [-0.2, -0.15) is 4.31 Å². The molecule has 0 aliphatic carbocycles. The molecule has 2 aliphatic heterocycles. The van der Waals surface area contributed by atoms with E-state index in [1.807, 2.05) is 4.90 Å². The van der Waals surface area contributed by atoms with Crippen LogP contribution in [0.3, 0.4) is 0 Å². The Hall–Kier alpha value is -1.29. The Morgan fingerprint density at radius 2 is 1.82 bits per heavy atom. The summed E-state index contributed by atoms with van der Waals surface area (Å²) in [5.74, 6) is 0.564. The first kappa shape index (κ1) is 21.4. The Kier molecular flexibility index (Phi) is 6.90. The molecule has 1 atom stereocenters. The van der Waals surface area contributed by atoms with Crippen molar-refractivity contribution >= 4 is 45.2 Å². The van der Waals surface area contributed by atoms with E-state index in [9.17, 15) is 18.0 Å². The molecular formula is C18H24ClN3O4S2. The third-order valence-corrected chi connectivity index (χ3v) is 8.12. The highest BCUT2D eigenvalue weighted by atomic mass is 35.5. The molecule has 0 N–H and O–H groups in total. The zero-order valence-electron chi connectivity index (χ0n) is 15.7. The summed E-state index contributed by atoms with van der Waals surface area (Å²) in [6.45, 7) is 1.15. The molecule has 0 aromatic heterocycles. The monoisotopic (exact) mass is 445 g/mol. The van der Waals surface area contributed by atoms with Gasteiger partial charge >= 0.3 is 0 Å². The molecular weight excluding hydrogens is 422 g/mol. The lowest BCUT2D eigenvalue weighted by atomic mass is 10.1. The summed E-state index contributed by atoms with van der Waals surface area (Å²) in [7, 11) is -2.45. The average molecular weight is 446 g/mol. The van der Waals surface area contributed by atoms with Crippen molar-refractivity contribution in [3.63, 3.8) is 0 Å². The van der Waals surface area contributed by atoms with Gasteiger partial charge in [-0.05, 0) is 43.5 Å². The lowest BCUT2D eigenvalue weighted by Gasteiger charge is -2.32. The molecule has 2 amide bonds. The molecule has 10 heteroatoms. The molecule has 2 fully saturated rings. The zero-order chi connectivity index (χ0) is 20.3. The van der Waals surface area contributed by atoms with Gasteiger partial charge < -0.3 is 9.80 Å². The first-order valence-electron chi connectivity index (χ1n) is 9.18. The maximum absolute atomic E-state index is 12.8. The maximum Gasteiger partial charge on any atom is 0.246 e. The number of amides is 2. The van der Waals surface area contributed by atoms with Gasteiger partial charge in [-0.15, -0.1) is 11.8 Å². The van der Waals surface area contributed by atoms with Crippen LogP contribution < -0.4 is 0 Å². The summed E-state index contributed by atoms with van der Waals surface area (Å²) in [5.41, 5.74) is 0. The number of hydrogen-bond donors (Lipinski definition) is 0. The average Bonchev–Trinajstić information content (AvgIpc) is 3.18. The van der Waals surface area contributed by atoms with Crippen molar-refractivity contribution in [3.8, 4) is 0 Å². The van der Waals surface area contributed by atoms with Crippen LogP contribution >= 0.6 is 23.4 Å². The van der Waals surface area contributed by atoms with Crippen LogP contribution in [0, 0.1) is 0 Å². The molecule has 0 radical (unpaired) electrons. The van der Waals surface area contributed by atoms with Gasteiger partial charge in [-0.3, -0.25) is 9.59 Å². The maximum atomic E-state index is 12.8. The van der Waals surface area contributed by atoms with Crippen LogP contribution in [0.15, 0.2) is 29.2 Å². The van der Waals surface area contributed by atoms with Gasteiger partial charge in [0.1, 0.15) is 6.04 Å². The minimum atomic E-state index is -3.81. The van der Waals surface area contributed by atoms with Crippen molar-refractivity contribution in [1.82, 2.24) is 14.1 Å². The van der Waals surface area contributed by atoms with Gasteiger partial charge in [-0.1, -0.05) is 11.6 Å². The largest absolute Gasteiger partial charge is 0.341 e. The second-order valence-corrected chi connectivity index (χ2v) is 10.5. The number of halogens is 1. The Labute approximate surface area is 175 Å². The normalized spacial score (nSPS) is 20.6. The van der Waals surface area contributed by atoms with Crippen LogP contribution in [0.25, 0.3) is 0 Å². The summed E-state index contributed by atoms with van der Waals surface area (Å²) in [5, 5.41) is 0.436. The van der Waals surface area contributed by atoms with Crippen molar-refractivity contribution in [2.24, 2.45) is 0 Å². The number of benzene rings is 1. The van der Waals surface area contributed by atoms with Crippen LogP contribution in [0.2, 0.25) is 5.02 Å². The number of likely N-dealkylation sites (tertiary alicyclic amines) is 1. The van der Waals surface area contributed by atoms with E-state index in [1.54, 1.807) is 0 Å². The van der Waals surface area contributed by atoms with E-state index in [-0.39, 0.29) is 23.3 Å². The summed E-state index contributed by atoms with van der Waals surface area (Å²) in [6.07, 6.45) is 3.10. The molecule has 2 heterocycles. The Balaban J connectivity index is 1.67. The number of carbonyl (C=O) groups excluding carboxylic acids is 2. The van der Waals surface area contributed by atoms with Gasteiger partial charge in [0.2, 0.25) is 21.8 Å². The van der Waals surface area contributed by atoms with Gasteiger partial charge in [0.05, 0.1) is 17.3 Å². The predicted octanol–water partition coefficient (Wildman–Crippen LogP) is 1.87. The van der Waals surface area contributed by atoms with Crippen LogP contribution in [0.5, 0.6) is 0 Å². The molecule has 1 unspecified atom stereocenters. The third kappa shape index (κ3) is 4.64. The minimum absolute atomic E-state index is 0.0266.